The van der Waals surface area contributed by atoms with Crippen molar-refractivity contribution in [3.63, 3.8) is 0 Å². The summed E-state index contributed by atoms with van der Waals surface area (Å²) < 4.78 is 0. The molecule has 1 aromatic heterocycles. The van der Waals surface area contributed by atoms with Crippen molar-refractivity contribution in [3.8, 4) is 11.3 Å². The molecule has 1 aliphatic rings. The Morgan fingerprint density at radius 2 is 1.69 bits per heavy atom. The van der Waals surface area contributed by atoms with Gasteiger partial charge in [0.25, 0.3) is 5.91 Å². The van der Waals surface area contributed by atoms with Gasteiger partial charge in [0.1, 0.15) is 0 Å². The van der Waals surface area contributed by atoms with Gasteiger partial charge in [0, 0.05) is 5.56 Å². The molecule has 1 amide bonds. The SMILES string of the molecule is O=C1N=C(Nc2c(Cl)cccc2Cl)S/C1=C/c1ccc2ncc(-c3ccccc3)nc2c1. The van der Waals surface area contributed by atoms with Crippen LogP contribution in [0.15, 0.2) is 82.8 Å². The van der Waals surface area contributed by atoms with Crippen molar-refractivity contribution < 1.29 is 4.79 Å². The summed E-state index contributed by atoms with van der Waals surface area (Å²) in [5.41, 5.74) is 4.67. The van der Waals surface area contributed by atoms with Gasteiger partial charge in [0.15, 0.2) is 5.17 Å². The van der Waals surface area contributed by atoms with Gasteiger partial charge in [-0.05, 0) is 47.7 Å². The second-order valence-electron chi connectivity index (χ2n) is 6.92. The molecule has 32 heavy (non-hydrogen) atoms. The standard InChI is InChI=1S/C24H14Cl2N4OS/c25-16-7-4-8-17(26)22(16)29-24-30-23(31)21(32-24)12-14-9-10-18-19(11-14)28-20(13-27-18)15-5-2-1-3-6-15/h1-13H,(H,29,30,31)/b21-12+. The van der Waals surface area contributed by atoms with Crippen molar-refractivity contribution in [1.29, 1.82) is 0 Å². The van der Waals surface area contributed by atoms with E-state index in [-0.39, 0.29) is 5.91 Å². The van der Waals surface area contributed by atoms with Crippen molar-refractivity contribution in [2.75, 3.05) is 5.32 Å². The maximum absolute atomic E-state index is 12.4. The fraction of sp³-hybridized carbons (Fsp3) is 0. The molecule has 0 unspecified atom stereocenters. The molecule has 1 N–H and O–H groups in total. The van der Waals surface area contributed by atoms with Crippen LogP contribution in [0.4, 0.5) is 5.69 Å². The molecular formula is C24H14Cl2N4OS. The van der Waals surface area contributed by atoms with E-state index in [1.54, 1.807) is 30.5 Å². The zero-order chi connectivity index (χ0) is 22.1. The first-order valence-corrected chi connectivity index (χ1v) is 11.2. The topological polar surface area (TPSA) is 67.2 Å². The van der Waals surface area contributed by atoms with Crippen molar-refractivity contribution in [3.05, 3.63) is 93.4 Å². The lowest BCUT2D eigenvalue weighted by atomic mass is 10.1. The van der Waals surface area contributed by atoms with Crippen LogP contribution in [0.25, 0.3) is 28.4 Å². The largest absolute Gasteiger partial charge is 0.332 e. The molecule has 0 saturated carbocycles. The molecule has 0 atom stereocenters. The second-order valence-corrected chi connectivity index (χ2v) is 8.77. The minimum Gasteiger partial charge on any atom is -0.332 e. The quantitative estimate of drug-likeness (QED) is 0.333. The van der Waals surface area contributed by atoms with Gasteiger partial charge in [-0.1, -0.05) is 65.7 Å². The number of nitrogens with one attached hydrogen (secondary N) is 1. The van der Waals surface area contributed by atoms with Crippen LogP contribution in [0.5, 0.6) is 0 Å². The number of nitrogens with zero attached hydrogens (tertiary/aromatic N) is 3. The molecule has 0 bridgehead atoms. The number of anilines is 1. The van der Waals surface area contributed by atoms with Crippen molar-refractivity contribution in [1.82, 2.24) is 9.97 Å². The van der Waals surface area contributed by atoms with E-state index >= 15 is 0 Å². The number of carbonyl (C=O) groups is 1. The van der Waals surface area contributed by atoms with Crippen molar-refractivity contribution in [2.45, 2.75) is 0 Å². The molecule has 2 heterocycles. The highest BCUT2D eigenvalue weighted by molar-refractivity contribution is 8.18. The maximum Gasteiger partial charge on any atom is 0.286 e. The summed E-state index contributed by atoms with van der Waals surface area (Å²) in [5.74, 6) is -0.329. The zero-order valence-corrected chi connectivity index (χ0v) is 18.7. The Morgan fingerprint density at radius 3 is 2.47 bits per heavy atom. The van der Waals surface area contributed by atoms with Crippen LogP contribution >= 0.6 is 35.0 Å². The fourth-order valence-electron chi connectivity index (χ4n) is 3.20. The molecule has 5 rings (SSSR count). The van der Waals surface area contributed by atoms with Crippen LogP contribution in [0.2, 0.25) is 10.0 Å². The van der Waals surface area contributed by atoms with Crippen LogP contribution < -0.4 is 5.32 Å². The molecule has 5 nitrogen and oxygen atoms in total. The number of halogens is 2. The summed E-state index contributed by atoms with van der Waals surface area (Å²) in [4.78, 5) is 26.2. The minimum absolute atomic E-state index is 0.329. The number of aliphatic imine (C=N–C) groups is 1. The molecule has 4 aromatic rings. The first-order valence-electron chi connectivity index (χ1n) is 9.63. The van der Waals surface area contributed by atoms with E-state index in [0.29, 0.717) is 25.8 Å². The van der Waals surface area contributed by atoms with E-state index in [9.17, 15) is 4.79 Å². The predicted molar refractivity (Wildman–Crippen MR) is 133 cm³/mol. The van der Waals surface area contributed by atoms with Gasteiger partial charge in [-0.25, -0.2) is 4.98 Å². The summed E-state index contributed by atoms with van der Waals surface area (Å²) in [5, 5.41) is 4.37. The number of carbonyl (C=O) groups excluding carboxylic acids is 1. The summed E-state index contributed by atoms with van der Waals surface area (Å²) >= 11 is 13.6. The number of hydrogen-bond acceptors (Lipinski definition) is 5. The predicted octanol–water partition coefficient (Wildman–Crippen LogP) is 6.69. The summed E-state index contributed by atoms with van der Waals surface area (Å²) in [6.07, 6.45) is 3.55. The first-order chi connectivity index (χ1) is 15.6. The summed E-state index contributed by atoms with van der Waals surface area (Å²) in [7, 11) is 0. The van der Waals surface area contributed by atoms with Gasteiger partial charge in [-0.3, -0.25) is 9.78 Å². The maximum atomic E-state index is 12.4. The normalized spacial score (nSPS) is 14.8. The van der Waals surface area contributed by atoms with Crippen LogP contribution in [0.3, 0.4) is 0 Å². The summed E-state index contributed by atoms with van der Waals surface area (Å²) in [6.45, 7) is 0. The number of para-hydroxylation sites is 1. The number of fused-ring (bicyclic) bond motifs is 1. The molecule has 0 saturated heterocycles. The van der Waals surface area contributed by atoms with Gasteiger partial charge >= 0.3 is 0 Å². The second kappa shape index (κ2) is 8.74. The highest BCUT2D eigenvalue weighted by atomic mass is 35.5. The highest BCUT2D eigenvalue weighted by Gasteiger charge is 2.23. The number of benzene rings is 3. The van der Waals surface area contributed by atoms with E-state index in [0.717, 1.165) is 27.9 Å². The lowest BCUT2D eigenvalue weighted by molar-refractivity contribution is -0.113. The smallest absolute Gasteiger partial charge is 0.286 e. The number of rotatable bonds is 3. The van der Waals surface area contributed by atoms with Gasteiger partial charge in [0.05, 0.1) is 43.6 Å². The third kappa shape index (κ3) is 4.25. The lowest BCUT2D eigenvalue weighted by Gasteiger charge is -2.08. The Bertz CT molecular complexity index is 1400. The fourth-order valence-corrected chi connectivity index (χ4v) is 4.51. The monoisotopic (exact) mass is 476 g/mol. The lowest BCUT2D eigenvalue weighted by Crippen LogP contribution is -2.05. The van der Waals surface area contributed by atoms with E-state index in [1.807, 2.05) is 48.5 Å². The molecule has 0 radical (unpaired) electrons. The molecule has 0 aliphatic carbocycles. The number of aromatic nitrogens is 2. The minimum atomic E-state index is -0.329. The van der Waals surface area contributed by atoms with Gasteiger partial charge in [-0.2, -0.15) is 4.99 Å². The highest BCUT2D eigenvalue weighted by Crippen LogP contribution is 2.34. The average molecular weight is 477 g/mol. The Balaban J connectivity index is 1.41. The Labute approximate surface area is 198 Å². The Hall–Kier alpha value is -3.19. The van der Waals surface area contributed by atoms with Gasteiger partial charge in [-0.15, -0.1) is 0 Å². The zero-order valence-electron chi connectivity index (χ0n) is 16.4. The number of amides is 1. The number of thioether (sulfide) groups is 1. The molecule has 3 aromatic carbocycles. The van der Waals surface area contributed by atoms with Gasteiger partial charge < -0.3 is 5.32 Å². The van der Waals surface area contributed by atoms with E-state index in [4.69, 9.17) is 28.2 Å². The van der Waals surface area contributed by atoms with Gasteiger partial charge in [0.2, 0.25) is 0 Å². The third-order valence-electron chi connectivity index (χ3n) is 4.75. The van der Waals surface area contributed by atoms with Crippen LogP contribution in [-0.4, -0.2) is 21.0 Å². The Morgan fingerprint density at radius 1 is 0.906 bits per heavy atom. The molecule has 0 spiro atoms. The van der Waals surface area contributed by atoms with Crippen LogP contribution in [0, 0.1) is 0 Å². The first kappa shape index (κ1) is 20.7. The molecule has 156 valence electrons. The van der Waals surface area contributed by atoms with E-state index < -0.39 is 0 Å². The molecule has 0 fully saturated rings. The number of amidine groups is 1. The van der Waals surface area contributed by atoms with Crippen LogP contribution in [0.1, 0.15) is 5.56 Å². The Kier molecular flexibility index (Phi) is 5.66. The van der Waals surface area contributed by atoms with Crippen molar-refractivity contribution in [2.24, 2.45) is 4.99 Å². The molecular weight excluding hydrogens is 463 g/mol. The van der Waals surface area contributed by atoms with E-state index in [1.165, 1.54) is 11.8 Å². The third-order valence-corrected chi connectivity index (χ3v) is 6.28. The average Bonchev–Trinajstić information content (AvgIpc) is 3.15. The van der Waals surface area contributed by atoms with Crippen LogP contribution in [-0.2, 0) is 4.79 Å². The number of hydrogen-bond donors (Lipinski definition) is 1. The summed E-state index contributed by atoms with van der Waals surface area (Å²) in [6, 6.07) is 20.8. The molecule has 1 aliphatic heterocycles. The molecule has 8 heteroatoms. The van der Waals surface area contributed by atoms with Crippen molar-refractivity contribution >= 4 is 68.8 Å². The van der Waals surface area contributed by atoms with E-state index in [2.05, 4.69) is 15.3 Å².